The first kappa shape index (κ1) is 23.7. The summed E-state index contributed by atoms with van der Waals surface area (Å²) in [6, 6.07) is 11.1. The van der Waals surface area contributed by atoms with E-state index in [9.17, 15) is 13.2 Å². The second-order valence-corrected chi connectivity index (χ2v) is 5.67. The van der Waals surface area contributed by atoms with Gasteiger partial charge in [0.25, 0.3) is 0 Å². The quantitative estimate of drug-likeness (QED) is 0.625. The van der Waals surface area contributed by atoms with E-state index < -0.39 is 11.9 Å². The molecule has 6 nitrogen and oxygen atoms in total. The van der Waals surface area contributed by atoms with Crippen LogP contribution in [0.5, 0.6) is 5.75 Å². The number of hydrogen-bond donors (Lipinski definition) is 1. The van der Waals surface area contributed by atoms with E-state index in [0.717, 1.165) is 6.20 Å². The molecule has 0 fully saturated rings. The van der Waals surface area contributed by atoms with Crippen LogP contribution in [0.25, 0.3) is 17.1 Å². The second kappa shape index (κ2) is 10.3. The SMILES string of the molecule is C=O.C=O.COc1ccc(-c2nc(C(F)(F)F)cn2-c2ccc(N)cc2)cc1Cl. The molecule has 0 spiro atoms. The average Bonchev–Trinajstić information content (AvgIpc) is 3.17. The predicted octanol–water partition coefficient (Wildman–Crippen LogP) is 4.43. The lowest BCUT2D eigenvalue weighted by molar-refractivity contribution is -0.140. The molecule has 0 radical (unpaired) electrons. The highest BCUT2D eigenvalue weighted by atomic mass is 35.5. The maximum atomic E-state index is 13.1. The Balaban J connectivity index is 0.000000989. The lowest BCUT2D eigenvalue weighted by atomic mass is 10.2. The van der Waals surface area contributed by atoms with E-state index in [4.69, 9.17) is 31.7 Å². The number of carbonyl (C=O) groups is 2. The summed E-state index contributed by atoms with van der Waals surface area (Å²) >= 11 is 6.09. The van der Waals surface area contributed by atoms with Gasteiger partial charge in [-0.05, 0) is 42.5 Å². The van der Waals surface area contributed by atoms with Gasteiger partial charge in [0.15, 0.2) is 5.69 Å². The number of carbonyl (C=O) groups excluding carboxylic acids is 2. The standard InChI is InChI=1S/C17H13ClF3N3O.2CH2O/c1-25-14-7-2-10(8-13(14)18)16-23-15(17(19,20)21)9-24(16)12-5-3-11(22)4-6-12;2*1-2/h2-9H,22H2,1H3;2*1H2. The third-order valence-corrected chi connectivity index (χ3v) is 3.87. The molecule has 0 aliphatic rings. The molecule has 0 bridgehead atoms. The van der Waals surface area contributed by atoms with E-state index in [0.29, 0.717) is 22.7 Å². The monoisotopic (exact) mass is 427 g/mol. The highest BCUT2D eigenvalue weighted by Gasteiger charge is 2.35. The molecule has 1 aromatic heterocycles. The first-order valence-corrected chi connectivity index (χ1v) is 8.11. The maximum absolute atomic E-state index is 13.1. The average molecular weight is 428 g/mol. The number of halogens is 4. The van der Waals surface area contributed by atoms with Crippen molar-refractivity contribution in [1.82, 2.24) is 9.55 Å². The Morgan fingerprint density at radius 3 is 2.14 bits per heavy atom. The first-order valence-electron chi connectivity index (χ1n) is 7.74. The number of imidazole rings is 1. The normalized spacial score (nSPS) is 10.2. The number of nitrogens with two attached hydrogens (primary N) is 1. The second-order valence-electron chi connectivity index (χ2n) is 5.26. The molecule has 29 heavy (non-hydrogen) atoms. The third kappa shape index (κ3) is 5.58. The van der Waals surface area contributed by atoms with Crippen molar-refractivity contribution in [2.45, 2.75) is 6.18 Å². The number of ether oxygens (including phenoxy) is 1. The molecule has 154 valence electrons. The van der Waals surface area contributed by atoms with E-state index in [-0.39, 0.29) is 10.8 Å². The lowest BCUT2D eigenvalue weighted by Crippen LogP contribution is -2.05. The molecule has 0 saturated heterocycles. The third-order valence-electron chi connectivity index (χ3n) is 3.58. The Morgan fingerprint density at radius 1 is 1.07 bits per heavy atom. The smallest absolute Gasteiger partial charge is 0.434 e. The van der Waals surface area contributed by atoms with Gasteiger partial charge >= 0.3 is 6.18 Å². The van der Waals surface area contributed by atoms with E-state index in [1.54, 1.807) is 36.4 Å². The molecule has 0 atom stereocenters. The van der Waals surface area contributed by atoms with Crippen molar-refractivity contribution in [3.63, 3.8) is 0 Å². The lowest BCUT2D eigenvalue weighted by Gasteiger charge is -2.10. The van der Waals surface area contributed by atoms with Crippen molar-refractivity contribution in [2.24, 2.45) is 0 Å². The van der Waals surface area contributed by atoms with Crippen LogP contribution in [0.15, 0.2) is 48.7 Å². The molecule has 0 saturated carbocycles. The highest BCUT2D eigenvalue weighted by Crippen LogP contribution is 2.35. The van der Waals surface area contributed by atoms with Crippen molar-refractivity contribution >= 4 is 30.9 Å². The van der Waals surface area contributed by atoms with Gasteiger partial charge in [-0.3, -0.25) is 4.57 Å². The van der Waals surface area contributed by atoms with Crippen LogP contribution in [0.2, 0.25) is 5.02 Å². The van der Waals surface area contributed by atoms with Crippen LogP contribution >= 0.6 is 11.6 Å². The van der Waals surface area contributed by atoms with Gasteiger partial charge in [0, 0.05) is 23.1 Å². The molecule has 2 aromatic carbocycles. The summed E-state index contributed by atoms with van der Waals surface area (Å²) in [5.41, 5.74) is 6.09. The summed E-state index contributed by atoms with van der Waals surface area (Å²) < 4.78 is 45.8. The Hall–Kier alpha value is -3.33. The Kier molecular flexibility index (Phi) is 8.40. The number of nitrogens with zero attached hydrogens (tertiary/aromatic N) is 2. The van der Waals surface area contributed by atoms with Crippen LogP contribution in [-0.4, -0.2) is 30.2 Å². The minimum Gasteiger partial charge on any atom is -0.495 e. The zero-order chi connectivity index (χ0) is 22.2. The predicted molar refractivity (Wildman–Crippen MR) is 104 cm³/mol. The van der Waals surface area contributed by atoms with E-state index >= 15 is 0 Å². The number of anilines is 1. The summed E-state index contributed by atoms with van der Waals surface area (Å²) in [7, 11) is 1.46. The minimum absolute atomic E-state index is 0.113. The molecule has 0 amide bonds. The van der Waals surface area contributed by atoms with E-state index in [1.807, 2.05) is 13.6 Å². The summed E-state index contributed by atoms with van der Waals surface area (Å²) in [6.07, 6.45) is -3.62. The van der Waals surface area contributed by atoms with Gasteiger partial charge in [-0.2, -0.15) is 13.2 Å². The molecule has 2 N–H and O–H groups in total. The maximum Gasteiger partial charge on any atom is 0.434 e. The fraction of sp³-hybridized carbons (Fsp3) is 0.105. The molecule has 1 heterocycles. The molecule has 0 aliphatic carbocycles. The number of aromatic nitrogens is 2. The fourth-order valence-electron chi connectivity index (χ4n) is 2.36. The van der Waals surface area contributed by atoms with Gasteiger partial charge in [0.05, 0.1) is 12.1 Å². The minimum atomic E-state index is -4.57. The van der Waals surface area contributed by atoms with Crippen LogP contribution in [0, 0.1) is 0 Å². The Morgan fingerprint density at radius 2 is 1.66 bits per heavy atom. The largest absolute Gasteiger partial charge is 0.495 e. The van der Waals surface area contributed by atoms with Crippen LogP contribution in [-0.2, 0) is 15.8 Å². The van der Waals surface area contributed by atoms with Crippen LogP contribution in [0.1, 0.15) is 5.69 Å². The van der Waals surface area contributed by atoms with Crippen LogP contribution in [0.3, 0.4) is 0 Å². The number of rotatable bonds is 3. The van der Waals surface area contributed by atoms with Crippen LogP contribution in [0.4, 0.5) is 18.9 Å². The number of methoxy groups -OCH3 is 1. The van der Waals surface area contributed by atoms with Crippen molar-refractivity contribution in [2.75, 3.05) is 12.8 Å². The van der Waals surface area contributed by atoms with Crippen molar-refractivity contribution in [3.05, 3.63) is 59.4 Å². The van der Waals surface area contributed by atoms with E-state index in [2.05, 4.69) is 4.98 Å². The molecule has 10 heteroatoms. The molecule has 3 rings (SSSR count). The highest BCUT2D eigenvalue weighted by molar-refractivity contribution is 6.32. The van der Waals surface area contributed by atoms with Gasteiger partial charge in [0.1, 0.15) is 25.2 Å². The molecule has 3 aromatic rings. The molecular formula is C19H17ClF3N3O3. The number of alkyl halides is 3. The summed E-state index contributed by atoms with van der Waals surface area (Å²) in [4.78, 5) is 19.8. The van der Waals surface area contributed by atoms with Crippen molar-refractivity contribution in [1.29, 1.82) is 0 Å². The van der Waals surface area contributed by atoms with Crippen molar-refractivity contribution < 1.29 is 27.5 Å². The zero-order valence-electron chi connectivity index (χ0n) is 15.2. The summed E-state index contributed by atoms with van der Waals surface area (Å²) in [6.45, 7) is 4.00. The number of hydrogen-bond acceptors (Lipinski definition) is 5. The molecule has 0 aliphatic heterocycles. The van der Waals surface area contributed by atoms with Gasteiger partial charge in [0.2, 0.25) is 0 Å². The number of benzene rings is 2. The zero-order valence-corrected chi connectivity index (χ0v) is 16.0. The molecule has 0 unspecified atom stereocenters. The number of nitrogen functional groups attached to an aromatic ring is 1. The van der Waals surface area contributed by atoms with Crippen molar-refractivity contribution in [3.8, 4) is 22.8 Å². The Labute approximate surface area is 169 Å². The van der Waals surface area contributed by atoms with Gasteiger partial charge in [-0.15, -0.1) is 0 Å². The van der Waals surface area contributed by atoms with Gasteiger partial charge in [-0.25, -0.2) is 4.98 Å². The summed E-state index contributed by atoms with van der Waals surface area (Å²) in [5, 5.41) is 0.278. The van der Waals surface area contributed by atoms with Gasteiger partial charge < -0.3 is 20.1 Å². The first-order chi connectivity index (χ1) is 13.8. The van der Waals surface area contributed by atoms with Gasteiger partial charge in [-0.1, -0.05) is 11.6 Å². The fourth-order valence-corrected chi connectivity index (χ4v) is 2.62. The molecular weight excluding hydrogens is 411 g/mol. The topological polar surface area (TPSA) is 87.2 Å². The Bertz CT molecular complexity index is 942. The van der Waals surface area contributed by atoms with E-state index in [1.165, 1.54) is 17.7 Å². The summed E-state index contributed by atoms with van der Waals surface area (Å²) in [5.74, 6) is 0.536. The van der Waals surface area contributed by atoms with Crippen LogP contribution < -0.4 is 10.5 Å².